The molecule has 2 rings (SSSR count). The molecule has 2 N–H and O–H groups in total. The summed E-state index contributed by atoms with van der Waals surface area (Å²) in [5.74, 6) is 0.0119. The zero-order chi connectivity index (χ0) is 13.1. The number of anilines is 2. The Morgan fingerprint density at radius 1 is 1.50 bits per heavy atom. The summed E-state index contributed by atoms with van der Waals surface area (Å²) < 4.78 is 0. The van der Waals surface area contributed by atoms with Gasteiger partial charge in [-0.05, 0) is 30.3 Å². The molecule has 1 aliphatic heterocycles. The minimum absolute atomic E-state index is 0.00350. The minimum atomic E-state index is 0.00350. The highest BCUT2D eigenvalue weighted by molar-refractivity contribution is 6.00. The van der Waals surface area contributed by atoms with Crippen molar-refractivity contribution in [2.75, 3.05) is 30.4 Å². The molecule has 0 spiro atoms. The molecular weight excluding hydrogens is 230 g/mol. The molecule has 1 aromatic carbocycles. The molecule has 0 saturated heterocycles. The van der Waals surface area contributed by atoms with E-state index in [1.165, 1.54) is 0 Å². The van der Waals surface area contributed by atoms with Crippen LogP contribution in [-0.2, 0) is 16.0 Å². The molecule has 1 heterocycles. The van der Waals surface area contributed by atoms with Crippen molar-refractivity contribution in [1.29, 1.82) is 0 Å². The van der Waals surface area contributed by atoms with Gasteiger partial charge >= 0.3 is 0 Å². The highest BCUT2D eigenvalue weighted by Crippen LogP contribution is 2.27. The largest absolute Gasteiger partial charge is 0.326 e. The number of nitrogens with one attached hydrogen (secondary N) is 2. The summed E-state index contributed by atoms with van der Waals surface area (Å²) in [5.41, 5.74) is 2.60. The molecule has 0 aliphatic carbocycles. The fraction of sp³-hybridized carbons (Fsp3) is 0.385. The number of likely N-dealkylation sites (N-methyl/N-ethyl adjacent to an activating group) is 2. The average Bonchev–Trinajstić information content (AvgIpc) is 2.73. The Balaban J connectivity index is 2.12. The number of hydrogen-bond acceptors (Lipinski definition) is 3. The van der Waals surface area contributed by atoms with Gasteiger partial charge in [-0.1, -0.05) is 6.92 Å². The van der Waals surface area contributed by atoms with Crippen molar-refractivity contribution in [3.63, 3.8) is 0 Å². The topological polar surface area (TPSA) is 61.4 Å². The molecule has 0 atom stereocenters. The second kappa shape index (κ2) is 5.18. The summed E-state index contributed by atoms with van der Waals surface area (Å²) in [6, 6.07) is 5.57. The van der Waals surface area contributed by atoms with Crippen LogP contribution in [0.25, 0.3) is 0 Å². The van der Waals surface area contributed by atoms with Crippen molar-refractivity contribution in [3.8, 4) is 0 Å². The molecule has 0 unspecified atom stereocenters. The van der Waals surface area contributed by atoms with Crippen molar-refractivity contribution in [1.82, 2.24) is 5.32 Å². The first-order valence-corrected chi connectivity index (χ1v) is 6.02. The molecule has 0 aromatic heterocycles. The Bertz CT molecular complexity index is 485. The van der Waals surface area contributed by atoms with Crippen LogP contribution in [0.15, 0.2) is 18.2 Å². The quantitative estimate of drug-likeness (QED) is 0.825. The molecule has 1 aromatic rings. The minimum Gasteiger partial charge on any atom is -0.326 e. The SMILES string of the molecule is CCNCC(=O)N(C)c1ccc2c(c1)CC(=O)N2. The van der Waals surface area contributed by atoms with E-state index in [2.05, 4.69) is 10.6 Å². The van der Waals surface area contributed by atoms with Gasteiger partial charge in [0.05, 0.1) is 13.0 Å². The maximum absolute atomic E-state index is 11.8. The number of amides is 2. The van der Waals surface area contributed by atoms with Gasteiger partial charge < -0.3 is 15.5 Å². The van der Waals surface area contributed by atoms with Crippen molar-refractivity contribution in [3.05, 3.63) is 23.8 Å². The normalized spacial score (nSPS) is 13.1. The number of rotatable bonds is 4. The van der Waals surface area contributed by atoms with E-state index in [0.717, 1.165) is 23.5 Å². The standard InChI is InChI=1S/C13H17N3O2/c1-3-14-8-13(18)16(2)10-4-5-11-9(6-10)7-12(17)15-11/h4-6,14H,3,7-8H2,1-2H3,(H,15,17). The fourth-order valence-corrected chi connectivity index (χ4v) is 1.92. The second-order valence-corrected chi connectivity index (χ2v) is 4.30. The Kier molecular flexibility index (Phi) is 3.62. The Morgan fingerprint density at radius 2 is 2.28 bits per heavy atom. The third-order valence-corrected chi connectivity index (χ3v) is 3.00. The molecule has 96 valence electrons. The first-order chi connectivity index (χ1) is 8.61. The summed E-state index contributed by atoms with van der Waals surface area (Å²) in [4.78, 5) is 24.7. The van der Waals surface area contributed by atoms with Crippen LogP contribution in [0.2, 0.25) is 0 Å². The second-order valence-electron chi connectivity index (χ2n) is 4.30. The Hall–Kier alpha value is -1.88. The molecular formula is C13H17N3O2. The predicted octanol–water partition coefficient (Wildman–Crippen LogP) is 0.754. The average molecular weight is 247 g/mol. The molecule has 1 aliphatic rings. The number of benzene rings is 1. The molecule has 0 saturated carbocycles. The Morgan fingerprint density at radius 3 is 3.00 bits per heavy atom. The third kappa shape index (κ3) is 2.51. The number of carbonyl (C=O) groups is 2. The van der Waals surface area contributed by atoms with E-state index in [0.29, 0.717) is 13.0 Å². The van der Waals surface area contributed by atoms with Gasteiger partial charge in [0, 0.05) is 18.4 Å². The van der Waals surface area contributed by atoms with E-state index in [1.807, 2.05) is 25.1 Å². The molecule has 5 heteroatoms. The van der Waals surface area contributed by atoms with Gasteiger partial charge in [-0.3, -0.25) is 9.59 Å². The summed E-state index contributed by atoms with van der Waals surface area (Å²) in [6.07, 6.45) is 0.387. The van der Waals surface area contributed by atoms with Crippen LogP contribution >= 0.6 is 0 Å². The maximum atomic E-state index is 11.8. The lowest BCUT2D eigenvalue weighted by molar-refractivity contribution is -0.117. The van der Waals surface area contributed by atoms with Gasteiger partial charge in [0.15, 0.2) is 0 Å². The van der Waals surface area contributed by atoms with Gasteiger partial charge in [0.1, 0.15) is 0 Å². The Labute approximate surface area is 106 Å². The summed E-state index contributed by atoms with van der Waals surface area (Å²) >= 11 is 0. The van der Waals surface area contributed by atoms with E-state index < -0.39 is 0 Å². The van der Waals surface area contributed by atoms with Gasteiger partial charge in [-0.2, -0.15) is 0 Å². The number of nitrogens with zero attached hydrogens (tertiary/aromatic N) is 1. The first kappa shape index (κ1) is 12.6. The molecule has 0 bridgehead atoms. The summed E-state index contributed by atoms with van der Waals surface area (Å²) in [7, 11) is 1.74. The molecule has 5 nitrogen and oxygen atoms in total. The third-order valence-electron chi connectivity index (χ3n) is 3.00. The summed E-state index contributed by atoms with van der Waals surface area (Å²) in [5, 5.41) is 5.77. The predicted molar refractivity (Wildman–Crippen MR) is 70.7 cm³/mol. The van der Waals surface area contributed by atoms with Gasteiger partial charge in [-0.25, -0.2) is 0 Å². The van der Waals surface area contributed by atoms with Crippen LogP contribution in [0.5, 0.6) is 0 Å². The van der Waals surface area contributed by atoms with Crippen molar-refractivity contribution >= 4 is 23.2 Å². The highest BCUT2D eigenvalue weighted by Gasteiger charge is 2.19. The lowest BCUT2D eigenvalue weighted by Crippen LogP contribution is -2.35. The molecule has 18 heavy (non-hydrogen) atoms. The van der Waals surface area contributed by atoms with E-state index >= 15 is 0 Å². The first-order valence-electron chi connectivity index (χ1n) is 6.02. The van der Waals surface area contributed by atoms with Gasteiger partial charge in [0.25, 0.3) is 0 Å². The smallest absolute Gasteiger partial charge is 0.240 e. The van der Waals surface area contributed by atoms with Crippen molar-refractivity contribution in [2.24, 2.45) is 0 Å². The van der Waals surface area contributed by atoms with Crippen LogP contribution in [0.4, 0.5) is 11.4 Å². The summed E-state index contributed by atoms with van der Waals surface area (Å²) in [6.45, 7) is 3.05. The molecule has 0 fully saturated rings. The van der Waals surface area contributed by atoms with E-state index in [9.17, 15) is 9.59 Å². The van der Waals surface area contributed by atoms with Crippen LogP contribution in [0.3, 0.4) is 0 Å². The van der Waals surface area contributed by atoms with Crippen LogP contribution in [0.1, 0.15) is 12.5 Å². The maximum Gasteiger partial charge on any atom is 0.240 e. The van der Waals surface area contributed by atoms with E-state index in [1.54, 1.807) is 11.9 Å². The zero-order valence-corrected chi connectivity index (χ0v) is 10.6. The van der Waals surface area contributed by atoms with E-state index in [-0.39, 0.29) is 11.8 Å². The monoisotopic (exact) mass is 247 g/mol. The molecule has 2 amide bonds. The van der Waals surface area contributed by atoms with E-state index in [4.69, 9.17) is 0 Å². The molecule has 0 radical (unpaired) electrons. The fourth-order valence-electron chi connectivity index (χ4n) is 1.92. The van der Waals surface area contributed by atoms with Crippen molar-refractivity contribution in [2.45, 2.75) is 13.3 Å². The number of carbonyl (C=O) groups excluding carboxylic acids is 2. The number of hydrogen-bond donors (Lipinski definition) is 2. The highest BCUT2D eigenvalue weighted by atomic mass is 16.2. The van der Waals surface area contributed by atoms with Crippen LogP contribution < -0.4 is 15.5 Å². The van der Waals surface area contributed by atoms with Crippen molar-refractivity contribution < 1.29 is 9.59 Å². The number of fused-ring (bicyclic) bond motifs is 1. The van der Waals surface area contributed by atoms with Gasteiger partial charge in [0.2, 0.25) is 11.8 Å². The van der Waals surface area contributed by atoms with Crippen LogP contribution in [0, 0.1) is 0 Å². The lowest BCUT2D eigenvalue weighted by Gasteiger charge is -2.18. The van der Waals surface area contributed by atoms with Crippen LogP contribution in [-0.4, -0.2) is 32.0 Å². The van der Waals surface area contributed by atoms with Gasteiger partial charge in [-0.15, -0.1) is 0 Å². The lowest BCUT2D eigenvalue weighted by atomic mass is 10.1. The zero-order valence-electron chi connectivity index (χ0n) is 10.6.